The van der Waals surface area contributed by atoms with Gasteiger partial charge in [-0.05, 0) is 30.7 Å². The van der Waals surface area contributed by atoms with Crippen LogP contribution in [0.4, 0.5) is 11.5 Å². The minimum atomic E-state index is -3.63. The molecule has 96 valence electrons. The fourth-order valence-electron chi connectivity index (χ4n) is 1.64. The van der Waals surface area contributed by atoms with Crippen LogP contribution in [0.25, 0.3) is 0 Å². The summed E-state index contributed by atoms with van der Waals surface area (Å²) in [5, 5.41) is 3.97. The Balaban J connectivity index is 2.36. The van der Waals surface area contributed by atoms with Gasteiger partial charge < -0.3 is 5.73 Å². The maximum absolute atomic E-state index is 12.1. The zero-order valence-electron chi connectivity index (χ0n) is 10.1. The van der Waals surface area contributed by atoms with Crippen LogP contribution in [-0.2, 0) is 17.1 Å². The van der Waals surface area contributed by atoms with Gasteiger partial charge in [0.15, 0.2) is 5.82 Å². The molecular weight excluding hydrogens is 252 g/mol. The van der Waals surface area contributed by atoms with Crippen LogP contribution in [0.2, 0.25) is 0 Å². The van der Waals surface area contributed by atoms with Gasteiger partial charge >= 0.3 is 0 Å². The van der Waals surface area contributed by atoms with Crippen molar-refractivity contribution >= 4 is 21.5 Å². The molecule has 0 saturated heterocycles. The predicted octanol–water partition coefficient (Wildman–Crippen LogP) is 1.11. The number of nitrogens with zero attached hydrogens (tertiary/aromatic N) is 2. The normalized spacial score (nSPS) is 11.4. The molecule has 7 heteroatoms. The van der Waals surface area contributed by atoms with E-state index in [0.29, 0.717) is 11.3 Å². The Kier molecular flexibility index (Phi) is 3.00. The van der Waals surface area contributed by atoms with E-state index in [2.05, 4.69) is 9.82 Å². The highest BCUT2D eigenvalue weighted by Crippen LogP contribution is 2.20. The molecular formula is C11H14N4O2S. The minimum absolute atomic E-state index is 0.197. The van der Waals surface area contributed by atoms with Crippen molar-refractivity contribution in [1.82, 2.24) is 9.78 Å². The Labute approximate surface area is 105 Å². The van der Waals surface area contributed by atoms with E-state index in [1.807, 2.05) is 0 Å². The first-order valence-electron chi connectivity index (χ1n) is 5.27. The van der Waals surface area contributed by atoms with Crippen LogP contribution in [0.1, 0.15) is 5.56 Å². The van der Waals surface area contributed by atoms with Crippen LogP contribution in [0, 0.1) is 6.92 Å². The van der Waals surface area contributed by atoms with Crippen LogP contribution < -0.4 is 10.5 Å². The SMILES string of the molecule is Cc1cc(N)ccc1S(=O)(=O)Nc1ccn(C)n1. The molecule has 0 bridgehead atoms. The summed E-state index contributed by atoms with van der Waals surface area (Å²) in [5.74, 6) is 0.286. The van der Waals surface area contributed by atoms with Gasteiger partial charge in [0.1, 0.15) is 0 Å². The van der Waals surface area contributed by atoms with E-state index in [9.17, 15) is 8.42 Å². The molecule has 1 aromatic carbocycles. The predicted molar refractivity (Wildman–Crippen MR) is 69.6 cm³/mol. The number of hydrogen-bond donors (Lipinski definition) is 2. The van der Waals surface area contributed by atoms with Gasteiger partial charge in [-0.3, -0.25) is 9.40 Å². The highest BCUT2D eigenvalue weighted by Gasteiger charge is 2.17. The van der Waals surface area contributed by atoms with Crippen molar-refractivity contribution in [3.8, 4) is 0 Å². The fourth-order valence-corrected chi connectivity index (χ4v) is 2.86. The van der Waals surface area contributed by atoms with E-state index in [4.69, 9.17) is 5.73 Å². The fraction of sp³-hybridized carbons (Fsp3) is 0.182. The van der Waals surface area contributed by atoms with E-state index in [1.54, 1.807) is 38.4 Å². The van der Waals surface area contributed by atoms with Crippen molar-refractivity contribution in [2.75, 3.05) is 10.5 Å². The highest BCUT2D eigenvalue weighted by molar-refractivity contribution is 7.92. The zero-order valence-corrected chi connectivity index (χ0v) is 10.9. The van der Waals surface area contributed by atoms with E-state index in [0.717, 1.165) is 0 Å². The number of rotatable bonds is 3. The largest absolute Gasteiger partial charge is 0.399 e. The van der Waals surface area contributed by atoms with Crippen molar-refractivity contribution in [3.63, 3.8) is 0 Å². The number of aromatic nitrogens is 2. The van der Waals surface area contributed by atoms with E-state index < -0.39 is 10.0 Å². The zero-order chi connectivity index (χ0) is 13.3. The van der Waals surface area contributed by atoms with Crippen LogP contribution in [0.5, 0.6) is 0 Å². The molecule has 6 nitrogen and oxygen atoms in total. The molecule has 1 heterocycles. The van der Waals surface area contributed by atoms with Crippen molar-refractivity contribution in [2.24, 2.45) is 7.05 Å². The lowest BCUT2D eigenvalue weighted by Crippen LogP contribution is -2.15. The molecule has 2 aromatic rings. The van der Waals surface area contributed by atoms with Gasteiger partial charge in [0.2, 0.25) is 0 Å². The summed E-state index contributed by atoms with van der Waals surface area (Å²) in [6, 6.07) is 6.24. The lowest BCUT2D eigenvalue weighted by Gasteiger charge is -2.08. The Morgan fingerprint density at radius 3 is 2.61 bits per heavy atom. The Bertz CT molecular complexity index is 676. The van der Waals surface area contributed by atoms with Crippen LogP contribution in [0.15, 0.2) is 35.4 Å². The molecule has 0 aliphatic carbocycles. The molecule has 0 fully saturated rings. The first-order chi connectivity index (χ1) is 8.38. The monoisotopic (exact) mass is 266 g/mol. The second-order valence-electron chi connectivity index (χ2n) is 4.01. The third-order valence-corrected chi connectivity index (χ3v) is 3.96. The average Bonchev–Trinajstić information content (AvgIpc) is 2.62. The number of anilines is 2. The number of sulfonamides is 1. The van der Waals surface area contributed by atoms with Gasteiger partial charge in [-0.15, -0.1) is 0 Å². The standard InChI is InChI=1S/C11H14N4O2S/c1-8-7-9(12)3-4-10(8)18(16,17)14-11-5-6-15(2)13-11/h3-7H,12H2,1-2H3,(H,13,14). The maximum atomic E-state index is 12.1. The highest BCUT2D eigenvalue weighted by atomic mass is 32.2. The summed E-state index contributed by atoms with van der Waals surface area (Å²) in [6.07, 6.45) is 1.66. The minimum Gasteiger partial charge on any atom is -0.399 e. The summed E-state index contributed by atoms with van der Waals surface area (Å²) in [4.78, 5) is 0.197. The third kappa shape index (κ3) is 2.45. The number of nitrogens with two attached hydrogens (primary N) is 1. The van der Waals surface area contributed by atoms with Crippen molar-refractivity contribution < 1.29 is 8.42 Å². The molecule has 0 amide bonds. The topological polar surface area (TPSA) is 90.0 Å². The summed E-state index contributed by atoms with van der Waals surface area (Å²) in [7, 11) is -1.91. The summed E-state index contributed by atoms with van der Waals surface area (Å²) in [5.41, 5.74) is 6.72. The molecule has 0 aliphatic heterocycles. The molecule has 0 spiro atoms. The first kappa shape index (κ1) is 12.4. The Morgan fingerprint density at radius 1 is 1.33 bits per heavy atom. The Hall–Kier alpha value is -2.02. The van der Waals surface area contributed by atoms with Crippen LogP contribution in [0.3, 0.4) is 0 Å². The average molecular weight is 266 g/mol. The number of nitrogen functional groups attached to an aromatic ring is 1. The van der Waals surface area contributed by atoms with E-state index in [-0.39, 0.29) is 10.7 Å². The second kappa shape index (κ2) is 4.34. The summed E-state index contributed by atoms with van der Waals surface area (Å²) < 4.78 is 28.2. The molecule has 18 heavy (non-hydrogen) atoms. The molecule has 0 atom stereocenters. The number of hydrogen-bond acceptors (Lipinski definition) is 4. The van der Waals surface area contributed by atoms with Gasteiger partial charge in [0, 0.05) is 25.0 Å². The van der Waals surface area contributed by atoms with Crippen LogP contribution in [-0.4, -0.2) is 18.2 Å². The lowest BCUT2D eigenvalue weighted by molar-refractivity contribution is 0.600. The molecule has 0 radical (unpaired) electrons. The van der Waals surface area contributed by atoms with Gasteiger partial charge in [-0.2, -0.15) is 5.10 Å². The molecule has 0 saturated carbocycles. The first-order valence-corrected chi connectivity index (χ1v) is 6.75. The van der Waals surface area contributed by atoms with E-state index in [1.165, 1.54) is 10.7 Å². The van der Waals surface area contributed by atoms with Gasteiger partial charge in [0.05, 0.1) is 4.90 Å². The van der Waals surface area contributed by atoms with Gasteiger partial charge in [-0.1, -0.05) is 0 Å². The van der Waals surface area contributed by atoms with Gasteiger partial charge in [0.25, 0.3) is 10.0 Å². The molecule has 0 unspecified atom stereocenters. The lowest BCUT2D eigenvalue weighted by atomic mass is 10.2. The van der Waals surface area contributed by atoms with E-state index >= 15 is 0 Å². The third-order valence-electron chi connectivity index (χ3n) is 2.44. The number of aryl methyl sites for hydroxylation is 2. The molecule has 0 aliphatic rings. The molecule has 2 rings (SSSR count). The summed E-state index contributed by atoms with van der Waals surface area (Å²) >= 11 is 0. The van der Waals surface area contributed by atoms with Crippen molar-refractivity contribution in [1.29, 1.82) is 0 Å². The quantitative estimate of drug-likeness (QED) is 0.814. The number of nitrogens with one attached hydrogen (secondary N) is 1. The van der Waals surface area contributed by atoms with Gasteiger partial charge in [-0.25, -0.2) is 8.42 Å². The van der Waals surface area contributed by atoms with Crippen LogP contribution >= 0.6 is 0 Å². The van der Waals surface area contributed by atoms with Crippen molar-refractivity contribution in [2.45, 2.75) is 11.8 Å². The molecule has 3 N–H and O–H groups in total. The maximum Gasteiger partial charge on any atom is 0.263 e. The number of benzene rings is 1. The summed E-state index contributed by atoms with van der Waals surface area (Å²) in [6.45, 7) is 1.70. The second-order valence-corrected chi connectivity index (χ2v) is 5.66. The Morgan fingerprint density at radius 2 is 2.06 bits per heavy atom. The van der Waals surface area contributed by atoms with Crippen molar-refractivity contribution in [3.05, 3.63) is 36.0 Å². The molecule has 1 aromatic heterocycles. The smallest absolute Gasteiger partial charge is 0.263 e.